The summed E-state index contributed by atoms with van der Waals surface area (Å²) in [5.41, 5.74) is 1.75. The number of ether oxygens (including phenoxy) is 1. The van der Waals surface area contributed by atoms with Crippen molar-refractivity contribution in [2.24, 2.45) is 0 Å². The normalized spacial score (nSPS) is 13.8. The number of anilines is 2. The van der Waals surface area contributed by atoms with Gasteiger partial charge >= 0.3 is 0 Å². The van der Waals surface area contributed by atoms with Crippen LogP contribution in [0.5, 0.6) is 5.75 Å². The van der Waals surface area contributed by atoms with E-state index in [0.717, 1.165) is 4.90 Å². The number of nitrogens with zero attached hydrogens (tertiary/aromatic N) is 1. The van der Waals surface area contributed by atoms with E-state index in [2.05, 4.69) is 5.32 Å². The van der Waals surface area contributed by atoms with E-state index in [0.29, 0.717) is 22.7 Å². The lowest BCUT2D eigenvalue weighted by Crippen LogP contribution is -2.32. The summed E-state index contributed by atoms with van der Waals surface area (Å²) in [5.74, 6) is -0.882. The second-order valence-corrected chi connectivity index (χ2v) is 6.36. The van der Waals surface area contributed by atoms with E-state index in [9.17, 15) is 14.0 Å². The lowest BCUT2D eigenvalue weighted by Gasteiger charge is -2.15. The first-order valence-corrected chi connectivity index (χ1v) is 8.94. The van der Waals surface area contributed by atoms with E-state index in [1.165, 1.54) is 31.4 Å². The number of imide groups is 1. The van der Waals surface area contributed by atoms with Crippen molar-refractivity contribution in [1.29, 1.82) is 0 Å². The van der Waals surface area contributed by atoms with Crippen molar-refractivity contribution in [3.8, 4) is 5.75 Å². The predicted octanol–water partition coefficient (Wildman–Crippen LogP) is 4.23. The molecule has 1 heterocycles. The minimum Gasteiger partial charge on any atom is -0.496 e. The molecule has 5 nitrogen and oxygen atoms in total. The Hall–Kier alpha value is -3.93. The summed E-state index contributed by atoms with van der Waals surface area (Å²) < 4.78 is 18.7. The number of halogens is 1. The van der Waals surface area contributed by atoms with Crippen LogP contribution in [-0.4, -0.2) is 18.9 Å². The van der Waals surface area contributed by atoms with Gasteiger partial charge in [-0.05, 0) is 42.5 Å². The molecule has 0 aliphatic carbocycles. The van der Waals surface area contributed by atoms with Gasteiger partial charge in [0.15, 0.2) is 0 Å². The van der Waals surface area contributed by atoms with Gasteiger partial charge in [0.1, 0.15) is 17.3 Å². The molecule has 0 atom stereocenters. The van der Waals surface area contributed by atoms with Crippen LogP contribution in [0.25, 0.3) is 5.57 Å². The highest BCUT2D eigenvalue weighted by molar-refractivity contribution is 6.46. The maximum atomic E-state index is 13.3. The Morgan fingerprint density at radius 1 is 0.828 bits per heavy atom. The molecular formula is C23H17FN2O3. The first-order valence-electron chi connectivity index (χ1n) is 8.94. The summed E-state index contributed by atoms with van der Waals surface area (Å²) in [6.45, 7) is 0. The van der Waals surface area contributed by atoms with Gasteiger partial charge in [0.05, 0.1) is 18.4 Å². The van der Waals surface area contributed by atoms with Crippen molar-refractivity contribution in [2.45, 2.75) is 0 Å². The summed E-state index contributed by atoms with van der Waals surface area (Å²) in [6, 6.07) is 21.3. The summed E-state index contributed by atoms with van der Waals surface area (Å²) >= 11 is 0. The van der Waals surface area contributed by atoms with E-state index in [1.54, 1.807) is 54.6 Å². The van der Waals surface area contributed by atoms with Crippen molar-refractivity contribution >= 4 is 28.8 Å². The van der Waals surface area contributed by atoms with Gasteiger partial charge in [-0.15, -0.1) is 0 Å². The molecule has 4 rings (SSSR count). The molecule has 3 aromatic rings. The molecule has 0 fully saturated rings. The molecule has 0 saturated carbocycles. The van der Waals surface area contributed by atoms with Gasteiger partial charge in [0.2, 0.25) is 0 Å². The zero-order valence-electron chi connectivity index (χ0n) is 15.6. The average Bonchev–Trinajstić information content (AvgIpc) is 2.99. The molecule has 0 bridgehead atoms. The molecule has 2 amide bonds. The molecule has 0 aromatic heterocycles. The third-order valence-corrected chi connectivity index (χ3v) is 4.59. The van der Waals surface area contributed by atoms with Gasteiger partial charge in [0.25, 0.3) is 11.8 Å². The molecule has 1 N–H and O–H groups in total. The van der Waals surface area contributed by atoms with Crippen molar-refractivity contribution in [3.05, 3.63) is 95.9 Å². The smallest absolute Gasteiger partial charge is 0.282 e. The number of para-hydroxylation sites is 2. The van der Waals surface area contributed by atoms with Crippen molar-refractivity contribution in [3.63, 3.8) is 0 Å². The van der Waals surface area contributed by atoms with Crippen LogP contribution in [0, 0.1) is 5.82 Å². The monoisotopic (exact) mass is 388 g/mol. The minimum atomic E-state index is -0.494. The highest BCUT2D eigenvalue weighted by Crippen LogP contribution is 2.37. The quantitative estimate of drug-likeness (QED) is 0.665. The van der Waals surface area contributed by atoms with Gasteiger partial charge in [-0.25, -0.2) is 9.29 Å². The highest BCUT2D eigenvalue weighted by Gasteiger charge is 2.41. The maximum absolute atomic E-state index is 13.3. The van der Waals surface area contributed by atoms with E-state index in [1.807, 2.05) is 0 Å². The Labute approximate surface area is 167 Å². The molecule has 3 aromatic carbocycles. The van der Waals surface area contributed by atoms with Gasteiger partial charge in [-0.1, -0.05) is 36.4 Å². The van der Waals surface area contributed by atoms with Crippen LogP contribution in [0.1, 0.15) is 5.56 Å². The van der Waals surface area contributed by atoms with Gasteiger partial charge < -0.3 is 10.1 Å². The highest BCUT2D eigenvalue weighted by atomic mass is 19.1. The number of methoxy groups -OCH3 is 1. The first-order chi connectivity index (χ1) is 14.1. The Morgan fingerprint density at radius 3 is 2.17 bits per heavy atom. The van der Waals surface area contributed by atoms with E-state index in [4.69, 9.17) is 4.74 Å². The average molecular weight is 388 g/mol. The molecule has 29 heavy (non-hydrogen) atoms. The van der Waals surface area contributed by atoms with E-state index in [-0.39, 0.29) is 11.3 Å². The minimum absolute atomic E-state index is 0.106. The fraction of sp³-hybridized carbons (Fsp3) is 0.0435. The van der Waals surface area contributed by atoms with Crippen LogP contribution < -0.4 is 15.0 Å². The van der Waals surface area contributed by atoms with Crippen LogP contribution in [0.2, 0.25) is 0 Å². The topological polar surface area (TPSA) is 58.6 Å². The van der Waals surface area contributed by atoms with Gasteiger partial charge in [0, 0.05) is 11.3 Å². The summed E-state index contributed by atoms with van der Waals surface area (Å²) in [6.07, 6.45) is 0. The molecule has 0 unspecified atom stereocenters. The second kappa shape index (κ2) is 7.59. The molecule has 144 valence electrons. The summed E-state index contributed by atoms with van der Waals surface area (Å²) in [4.78, 5) is 27.7. The molecule has 0 spiro atoms. The molecular weight excluding hydrogens is 371 g/mol. The van der Waals surface area contributed by atoms with Crippen LogP contribution in [0.3, 0.4) is 0 Å². The maximum Gasteiger partial charge on any atom is 0.282 e. The number of nitrogens with one attached hydrogen (secondary N) is 1. The third kappa shape index (κ3) is 3.36. The Bertz CT molecular complexity index is 1110. The Balaban J connectivity index is 1.86. The van der Waals surface area contributed by atoms with Crippen LogP contribution >= 0.6 is 0 Å². The van der Waals surface area contributed by atoms with Gasteiger partial charge in [-0.2, -0.15) is 0 Å². The number of hydrogen-bond acceptors (Lipinski definition) is 4. The Kier molecular flexibility index (Phi) is 4.83. The van der Waals surface area contributed by atoms with Crippen LogP contribution in [0.4, 0.5) is 15.8 Å². The van der Waals surface area contributed by atoms with Crippen molar-refractivity contribution in [2.75, 3.05) is 17.3 Å². The van der Waals surface area contributed by atoms with Crippen LogP contribution in [-0.2, 0) is 9.59 Å². The number of rotatable bonds is 5. The van der Waals surface area contributed by atoms with Gasteiger partial charge in [-0.3, -0.25) is 9.59 Å². The molecule has 0 saturated heterocycles. The number of carbonyl (C=O) groups excluding carboxylic acids is 2. The van der Waals surface area contributed by atoms with Crippen LogP contribution in [0.15, 0.2) is 84.6 Å². The molecule has 6 heteroatoms. The number of hydrogen-bond donors (Lipinski definition) is 1. The zero-order chi connectivity index (χ0) is 20.4. The largest absolute Gasteiger partial charge is 0.496 e. The number of carbonyl (C=O) groups is 2. The van der Waals surface area contributed by atoms with E-state index >= 15 is 0 Å². The third-order valence-electron chi connectivity index (χ3n) is 4.59. The van der Waals surface area contributed by atoms with Crippen molar-refractivity contribution in [1.82, 2.24) is 0 Å². The number of amides is 2. The standard InChI is InChI=1S/C23H17FN2O3/c1-29-19-10-6-5-9-18(19)20-21(25-16-13-11-15(24)12-14-16)23(28)26(22(20)27)17-7-3-2-4-8-17/h2-14,25H,1H3. The lowest BCUT2D eigenvalue weighted by atomic mass is 10.0. The molecule has 1 aliphatic rings. The lowest BCUT2D eigenvalue weighted by molar-refractivity contribution is -0.120. The summed E-state index contributed by atoms with van der Waals surface area (Å²) in [7, 11) is 1.50. The second-order valence-electron chi connectivity index (χ2n) is 6.36. The van der Waals surface area contributed by atoms with Crippen molar-refractivity contribution < 1.29 is 18.7 Å². The zero-order valence-corrected chi connectivity index (χ0v) is 15.6. The predicted molar refractivity (Wildman–Crippen MR) is 109 cm³/mol. The fourth-order valence-electron chi connectivity index (χ4n) is 3.24. The Morgan fingerprint density at radius 2 is 1.48 bits per heavy atom. The first kappa shape index (κ1) is 18.4. The SMILES string of the molecule is COc1ccccc1C1=C(Nc2ccc(F)cc2)C(=O)N(c2ccccc2)C1=O. The fourth-order valence-corrected chi connectivity index (χ4v) is 3.24. The number of benzene rings is 3. The van der Waals surface area contributed by atoms with E-state index < -0.39 is 17.6 Å². The molecule has 1 aliphatic heterocycles. The summed E-state index contributed by atoms with van der Waals surface area (Å²) in [5, 5.41) is 2.99. The molecule has 0 radical (unpaired) electrons.